The normalized spacial score (nSPS) is 15.6. The predicted molar refractivity (Wildman–Crippen MR) is 105 cm³/mol. The highest BCUT2D eigenvalue weighted by atomic mass is 35.5. The van der Waals surface area contributed by atoms with E-state index in [4.69, 9.17) is 21.1 Å². The number of amides is 2. The zero-order valence-electron chi connectivity index (χ0n) is 16.3. The Hall–Kier alpha value is -2.28. The number of likely N-dealkylation sites (tertiary alicyclic amines) is 1. The first-order chi connectivity index (χ1) is 13.4. The summed E-state index contributed by atoms with van der Waals surface area (Å²) < 4.78 is 10.5. The van der Waals surface area contributed by atoms with E-state index in [1.54, 1.807) is 43.0 Å². The molecule has 1 aliphatic rings. The summed E-state index contributed by atoms with van der Waals surface area (Å²) in [6, 6.07) is 6.88. The van der Waals surface area contributed by atoms with Crippen molar-refractivity contribution in [1.29, 1.82) is 0 Å². The summed E-state index contributed by atoms with van der Waals surface area (Å²) in [6.45, 7) is 4.87. The van der Waals surface area contributed by atoms with E-state index in [1.807, 2.05) is 0 Å². The molecule has 1 atom stereocenters. The van der Waals surface area contributed by atoms with Crippen LogP contribution in [0.5, 0.6) is 5.75 Å². The van der Waals surface area contributed by atoms with Gasteiger partial charge in [0.25, 0.3) is 5.91 Å². The van der Waals surface area contributed by atoms with Crippen LogP contribution >= 0.6 is 11.6 Å². The molecule has 2 rings (SSSR count). The highest BCUT2D eigenvalue weighted by Gasteiger charge is 2.27. The van der Waals surface area contributed by atoms with Crippen LogP contribution in [0.25, 0.3) is 0 Å². The molecule has 1 aliphatic heterocycles. The lowest BCUT2D eigenvalue weighted by Crippen LogP contribution is -2.49. The topological polar surface area (TPSA) is 84.9 Å². The van der Waals surface area contributed by atoms with Crippen molar-refractivity contribution in [2.24, 2.45) is 0 Å². The van der Waals surface area contributed by atoms with Gasteiger partial charge in [-0.15, -0.1) is 0 Å². The van der Waals surface area contributed by atoms with Gasteiger partial charge >= 0.3 is 5.97 Å². The number of carbonyl (C=O) groups is 3. The third-order valence-electron chi connectivity index (χ3n) is 4.51. The number of rotatable bonds is 8. The van der Waals surface area contributed by atoms with Gasteiger partial charge in [0, 0.05) is 30.6 Å². The van der Waals surface area contributed by atoms with Gasteiger partial charge in [0.05, 0.1) is 13.0 Å². The van der Waals surface area contributed by atoms with Gasteiger partial charge in [0.1, 0.15) is 5.75 Å². The van der Waals surface area contributed by atoms with Gasteiger partial charge in [-0.3, -0.25) is 14.4 Å². The fourth-order valence-electron chi connectivity index (χ4n) is 3.02. The molecule has 1 heterocycles. The minimum Gasteiger partial charge on any atom is -0.481 e. The van der Waals surface area contributed by atoms with E-state index in [2.05, 4.69) is 5.32 Å². The number of benzene rings is 1. The van der Waals surface area contributed by atoms with Crippen molar-refractivity contribution in [2.75, 3.05) is 19.7 Å². The van der Waals surface area contributed by atoms with Crippen molar-refractivity contribution < 1.29 is 23.9 Å². The molecule has 28 heavy (non-hydrogen) atoms. The van der Waals surface area contributed by atoms with Crippen LogP contribution in [0.4, 0.5) is 0 Å². The third kappa shape index (κ3) is 7.03. The molecule has 0 spiro atoms. The molecule has 154 valence electrons. The first-order valence-corrected chi connectivity index (χ1v) is 9.92. The zero-order chi connectivity index (χ0) is 20.5. The number of hydrogen-bond donors (Lipinski definition) is 1. The van der Waals surface area contributed by atoms with E-state index in [0.717, 1.165) is 0 Å². The lowest BCUT2D eigenvalue weighted by molar-refractivity contribution is -0.144. The van der Waals surface area contributed by atoms with Crippen molar-refractivity contribution in [3.05, 3.63) is 29.3 Å². The first kappa shape index (κ1) is 22.0. The lowest BCUT2D eigenvalue weighted by Gasteiger charge is -2.33. The Morgan fingerprint density at radius 3 is 2.43 bits per heavy atom. The minimum absolute atomic E-state index is 0.00577. The lowest BCUT2D eigenvalue weighted by atomic mass is 10.0. The Bertz CT molecular complexity index is 672. The van der Waals surface area contributed by atoms with Gasteiger partial charge < -0.3 is 19.7 Å². The molecule has 1 aromatic carbocycles. The maximum Gasteiger partial charge on any atom is 0.306 e. The fourth-order valence-corrected chi connectivity index (χ4v) is 3.14. The highest BCUT2D eigenvalue weighted by molar-refractivity contribution is 6.30. The van der Waals surface area contributed by atoms with E-state index in [9.17, 15) is 14.4 Å². The fraction of sp³-hybridized carbons (Fsp3) is 0.550. The second kappa shape index (κ2) is 10.9. The summed E-state index contributed by atoms with van der Waals surface area (Å²) in [6.07, 6.45) is 0.937. The quantitative estimate of drug-likeness (QED) is 0.666. The molecule has 7 nitrogen and oxygen atoms in total. The smallest absolute Gasteiger partial charge is 0.306 e. The molecule has 0 bridgehead atoms. The standard InChI is InChI=1S/C20H27ClN2O5/c1-3-27-19(25)9-8-18(24)22-16-10-12-23(13-11-16)20(26)14(2)28-17-6-4-15(21)5-7-17/h4-7,14,16H,3,8-13H2,1-2H3,(H,22,24). The van der Waals surface area contributed by atoms with Crippen LogP contribution in [0.3, 0.4) is 0 Å². The van der Waals surface area contributed by atoms with E-state index in [1.165, 1.54) is 0 Å². The van der Waals surface area contributed by atoms with Crippen LogP contribution < -0.4 is 10.1 Å². The Balaban J connectivity index is 1.71. The number of hydrogen-bond acceptors (Lipinski definition) is 5. The van der Waals surface area contributed by atoms with Crippen molar-refractivity contribution in [1.82, 2.24) is 10.2 Å². The summed E-state index contributed by atoms with van der Waals surface area (Å²) >= 11 is 5.85. The van der Waals surface area contributed by atoms with Crippen molar-refractivity contribution in [2.45, 2.75) is 51.7 Å². The maximum atomic E-state index is 12.6. The van der Waals surface area contributed by atoms with E-state index < -0.39 is 6.10 Å². The number of ether oxygens (including phenoxy) is 2. The van der Waals surface area contributed by atoms with Gasteiger partial charge in [0.15, 0.2) is 6.10 Å². The van der Waals surface area contributed by atoms with E-state index in [-0.39, 0.29) is 36.7 Å². The molecule has 2 amide bonds. The second-order valence-electron chi connectivity index (χ2n) is 6.69. The number of esters is 1. The third-order valence-corrected chi connectivity index (χ3v) is 4.76. The Labute approximate surface area is 170 Å². The average molecular weight is 411 g/mol. The molecular formula is C20H27ClN2O5. The van der Waals surface area contributed by atoms with Crippen LogP contribution in [0.1, 0.15) is 39.5 Å². The molecule has 1 aromatic rings. The zero-order valence-corrected chi connectivity index (χ0v) is 17.0. The second-order valence-corrected chi connectivity index (χ2v) is 7.12. The van der Waals surface area contributed by atoms with Gasteiger partial charge in [-0.2, -0.15) is 0 Å². The maximum absolute atomic E-state index is 12.6. The monoisotopic (exact) mass is 410 g/mol. The average Bonchev–Trinajstić information content (AvgIpc) is 2.68. The van der Waals surface area contributed by atoms with Crippen LogP contribution in [0.15, 0.2) is 24.3 Å². The predicted octanol–water partition coefficient (Wildman–Crippen LogP) is 2.56. The Kier molecular flexibility index (Phi) is 8.57. The number of halogens is 1. The molecule has 8 heteroatoms. The molecule has 0 aliphatic carbocycles. The van der Waals surface area contributed by atoms with E-state index >= 15 is 0 Å². The summed E-state index contributed by atoms with van der Waals surface area (Å²) in [4.78, 5) is 37.6. The van der Waals surface area contributed by atoms with Crippen LogP contribution in [0, 0.1) is 0 Å². The van der Waals surface area contributed by atoms with Gasteiger partial charge in [-0.05, 0) is 51.0 Å². The molecule has 0 aromatic heterocycles. The summed E-state index contributed by atoms with van der Waals surface area (Å²) in [5, 5.41) is 3.53. The molecule has 1 unspecified atom stereocenters. The SMILES string of the molecule is CCOC(=O)CCC(=O)NC1CCN(C(=O)C(C)Oc2ccc(Cl)cc2)CC1. The first-order valence-electron chi connectivity index (χ1n) is 9.55. The van der Waals surface area contributed by atoms with Crippen molar-refractivity contribution in [3.8, 4) is 5.75 Å². The van der Waals surface area contributed by atoms with Crippen molar-refractivity contribution in [3.63, 3.8) is 0 Å². The van der Waals surface area contributed by atoms with Crippen molar-refractivity contribution >= 4 is 29.4 Å². The summed E-state index contributed by atoms with van der Waals surface area (Å²) in [7, 11) is 0. The van der Waals surface area contributed by atoms with Gasteiger partial charge in [0.2, 0.25) is 5.91 Å². The summed E-state index contributed by atoms with van der Waals surface area (Å²) in [5.74, 6) is -0.0268. The van der Waals surface area contributed by atoms with Crippen LogP contribution in [-0.2, 0) is 19.1 Å². The number of carbonyl (C=O) groups excluding carboxylic acids is 3. The molecular weight excluding hydrogens is 384 g/mol. The largest absolute Gasteiger partial charge is 0.481 e. The number of nitrogens with one attached hydrogen (secondary N) is 1. The summed E-state index contributed by atoms with van der Waals surface area (Å²) in [5.41, 5.74) is 0. The van der Waals surface area contributed by atoms with Gasteiger partial charge in [-0.25, -0.2) is 0 Å². The number of nitrogens with zero attached hydrogens (tertiary/aromatic N) is 1. The molecule has 0 saturated carbocycles. The Morgan fingerprint density at radius 2 is 1.82 bits per heavy atom. The minimum atomic E-state index is -0.600. The van der Waals surface area contributed by atoms with E-state index in [0.29, 0.717) is 43.3 Å². The van der Waals surface area contributed by atoms with Gasteiger partial charge in [-0.1, -0.05) is 11.6 Å². The van der Waals surface area contributed by atoms with Crippen LogP contribution in [-0.4, -0.2) is 54.5 Å². The molecule has 1 fully saturated rings. The highest BCUT2D eigenvalue weighted by Crippen LogP contribution is 2.18. The van der Waals surface area contributed by atoms with Crippen LogP contribution in [0.2, 0.25) is 5.02 Å². The molecule has 1 N–H and O–H groups in total. The molecule has 1 saturated heterocycles. The Morgan fingerprint density at radius 1 is 1.18 bits per heavy atom. The number of piperidine rings is 1. The molecule has 0 radical (unpaired) electrons.